The van der Waals surface area contributed by atoms with Gasteiger partial charge in [0.25, 0.3) is 5.91 Å². The predicted octanol–water partition coefficient (Wildman–Crippen LogP) is 1.21. The van der Waals surface area contributed by atoms with Gasteiger partial charge in [-0.2, -0.15) is 0 Å². The lowest BCUT2D eigenvalue weighted by atomic mass is 10.1. The van der Waals surface area contributed by atoms with Gasteiger partial charge in [0.05, 0.1) is 19.2 Å². The number of guanidine groups is 1. The molecule has 3 aliphatic heterocycles. The summed E-state index contributed by atoms with van der Waals surface area (Å²) in [5.41, 5.74) is 1.60. The molecule has 1 aromatic heterocycles. The minimum absolute atomic E-state index is 0.0384. The molecule has 1 saturated heterocycles. The summed E-state index contributed by atoms with van der Waals surface area (Å²) >= 11 is 0. The van der Waals surface area contributed by atoms with Crippen molar-refractivity contribution in [3.8, 4) is 11.5 Å². The van der Waals surface area contributed by atoms with E-state index in [0.717, 1.165) is 5.56 Å². The Bertz CT molecular complexity index is 1260. The molecule has 12 heteroatoms. The second-order valence-corrected chi connectivity index (χ2v) is 8.01. The molecule has 0 unspecified atom stereocenters. The molecule has 0 bridgehead atoms. The first kappa shape index (κ1) is 23.3. The topological polar surface area (TPSA) is 141 Å². The molecule has 5 rings (SSSR count). The summed E-state index contributed by atoms with van der Waals surface area (Å²) in [6.45, 7) is 1.13. The summed E-state index contributed by atoms with van der Waals surface area (Å²) in [6, 6.07) is 6.89. The molecule has 1 N–H and O–H groups in total. The van der Waals surface area contributed by atoms with Crippen LogP contribution in [-0.4, -0.2) is 79.0 Å². The second-order valence-electron chi connectivity index (χ2n) is 8.01. The summed E-state index contributed by atoms with van der Waals surface area (Å²) in [6.07, 6.45) is 2.72. The van der Waals surface area contributed by atoms with Crippen LogP contribution in [0.25, 0.3) is 0 Å². The summed E-state index contributed by atoms with van der Waals surface area (Å²) in [4.78, 5) is 51.0. The SMILES string of the molecule is COc1c(OCCOC(=O)[C@H]2CCC(=O)O2)ccc2c1N=C(NC(=O)c1cccnc1)N1CCN=C21. The Labute approximate surface area is 205 Å². The number of aliphatic imine (C=N–C) groups is 2. The van der Waals surface area contributed by atoms with Gasteiger partial charge >= 0.3 is 11.9 Å². The average molecular weight is 493 g/mol. The smallest absolute Gasteiger partial charge is 0.347 e. The number of carbonyl (C=O) groups is 3. The molecule has 0 radical (unpaired) electrons. The number of methoxy groups -OCH3 is 1. The number of nitrogens with zero attached hydrogens (tertiary/aromatic N) is 4. The highest BCUT2D eigenvalue weighted by atomic mass is 16.6. The number of carbonyl (C=O) groups excluding carboxylic acids is 3. The zero-order chi connectivity index (χ0) is 25.1. The Morgan fingerprint density at radius 3 is 2.89 bits per heavy atom. The Morgan fingerprint density at radius 1 is 1.25 bits per heavy atom. The van der Waals surface area contributed by atoms with Gasteiger partial charge in [0.1, 0.15) is 24.7 Å². The first-order valence-electron chi connectivity index (χ1n) is 11.4. The van der Waals surface area contributed by atoms with Crippen LogP contribution in [0.5, 0.6) is 11.5 Å². The highest BCUT2D eigenvalue weighted by molar-refractivity contribution is 6.20. The molecular formula is C24H23N5O7. The van der Waals surface area contributed by atoms with E-state index >= 15 is 0 Å². The molecular weight excluding hydrogens is 470 g/mol. The molecule has 3 aliphatic rings. The molecule has 0 saturated carbocycles. The van der Waals surface area contributed by atoms with Crippen LogP contribution < -0.4 is 14.8 Å². The number of benzene rings is 1. The molecule has 12 nitrogen and oxygen atoms in total. The zero-order valence-electron chi connectivity index (χ0n) is 19.4. The number of amides is 1. The summed E-state index contributed by atoms with van der Waals surface area (Å²) in [7, 11) is 1.49. The van der Waals surface area contributed by atoms with Crippen LogP contribution in [0, 0.1) is 0 Å². The lowest BCUT2D eigenvalue weighted by molar-refractivity contribution is -0.161. The van der Waals surface area contributed by atoms with Gasteiger partial charge in [-0.1, -0.05) is 0 Å². The molecule has 2 aromatic rings. The largest absolute Gasteiger partial charge is 0.491 e. The third-order valence-electron chi connectivity index (χ3n) is 5.74. The summed E-state index contributed by atoms with van der Waals surface area (Å²) in [5.74, 6) is 0.375. The van der Waals surface area contributed by atoms with E-state index in [1.54, 1.807) is 24.4 Å². The molecule has 0 spiro atoms. The van der Waals surface area contributed by atoms with Crippen LogP contribution in [-0.2, 0) is 19.1 Å². The number of aromatic nitrogens is 1. The summed E-state index contributed by atoms with van der Waals surface area (Å²) in [5, 5.41) is 2.84. The van der Waals surface area contributed by atoms with Crippen molar-refractivity contribution in [1.82, 2.24) is 15.2 Å². The standard InChI is InChI=1S/C24H23N5O7/c1-33-20-16(34-11-12-35-23(32)17-6-7-18(30)36-17)5-4-15-19(20)27-24(29-10-9-26-21(15)29)28-22(31)14-3-2-8-25-13-14/h2-5,8,13,17H,6-7,9-12H2,1H3,(H,27,28,31)/t17-/m1/s1. The first-order valence-corrected chi connectivity index (χ1v) is 11.4. The number of amidine groups is 1. The van der Waals surface area contributed by atoms with E-state index in [4.69, 9.17) is 18.9 Å². The van der Waals surface area contributed by atoms with Crippen molar-refractivity contribution >= 4 is 35.3 Å². The van der Waals surface area contributed by atoms with Crippen LogP contribution in [0.4, 0.5) is 5.69 Å². The van der Waals surface area contributed by atoms with E-state index in [9.17, 15) is 14.4 Å². The third kappa shape index (κ3) is 4.57. The van der Waals surface area contributed by atoms with Crippen molar-refractivity contribution < 1.29 is 33.3 Å². The molecule has 0 aliphatic carbocycles. The maximum atomic E-state index is 12.8. The van der Waals surface area contributed by atoms with E-state index in [1.807, 2.05) is 11.0 Å². The van der Waals surface area contributed by atoms with Gasteiger partial charge in [-0.15, -0.1) is 0 Å². The second kappa shape index (κ2) is 10.0. The number of ether oxygens (including phenoxy) is 4. The van der Waals surface area contributed by atoms with Crippen LogP contribution in [0.3, 0.4) is 0 Å². The van der Waals surface area contributed by atoms with Crippen molar-refractivity contribution in [2.24, 2.45) is 9.98 Å². The minimum Gasteiger partial charge on any atom is -0.491 e. The number of hydrogen-bond acceptors (Lipinski definition) is 11. The molecule has 4 heterocycles. The zero-order valence-corrected chi connectivity index (χ0v) is 19.4. The fourth-order valence-corrected chi connectivity index (χ4v) is 4.05. The van der Waals surface area contributed by atoms with E-state index in [0.29, 0.717) is 54.1 Å². The summed E-state index contributed by atoms with van der Waals surface area (Å²) < 4.78 is 21.5. The van der Waals surface area contributed by atoms with Crippen LogP contribution in [0.1, 0.15) is 28.8 Å². The van der Waals surface area contributed by atoms with Crippen LogP contribution in [0.2, 0.25) is 0 Å². The van der Waals surface area contributed by atoms with Gasteiger partial charge in [-0.25, -0.2) is 9.79 Å². The number of rotatable bonds is 7. The lowest BCUT2D eigenvalue weighted by Gasteiger charge is -2.28. The molecule has 36 heavy (non-hydrogen) atoms. The third-order valence-corrected chi connectivity index (χ3v) is 5.74. The highest BCUT2D eigenvalue weighted by Crippen LogP contribution is 2.43. The quantitative estimate of drug-likeness (QED) is 0.445. The maximum absolute atomic E-state index is 12.8. The van der Waals surface area contributed by atoms with Gasteiger partial charge in [0, 0.05) is 37.3 Å². The van der Waals surface area contributed by atoms with Gasteiger partial charge in [-0.05, 0) is 24.3 Å². The minimum atomic E-state index is -0.861. The number of esters is 2. The Hall–Kier alpha value is -4.48. The fourth-order valence-electron chi connectivity index (χ4n) is 4.05. The molecule has 1 aromatic carbocycles. The van der Waals surface area contributed by atoms with Gasteiger partial charge in [-0.3, -0.25) is 29.8 Å². The van der Waals surface area contributed by atoms with Gasteiger partial charge in [0.15, 0.2) is 17.6 Å². The van der Waals surface area contributed by atoms with Gasteiger partial charge in [0.2, 0.25) is 5.96 Å². The van der Waals surface area contributed by atoms with E-state index < -0.39 is 18.0 Å². The van der Waals surface area contributed by atoms with Crippen molar-refractivity contribution in [3.63, 3.8) is 0 Å². The number of nitrogens with one attached hydrogen (secondary N) is 1. The van der Waals surface area contributed by atoms with Crippen molar-refractivity contribution in [2.75, 3.05) is 33.4 Å². The number of pyridine rings is 1. The Kier molecular flexibility index (Phi) is 6.48. The van der Waals surface area contributed by atoms with Crippen molar-refractivity contribution in [1.29, 1.82) is 0 Å². The van der Waals surface area contributed by atoms with Crippen molar-refractivity contribution in [2.45, 2.75) is 18.9 Å². The fraction of sp³-hybridized carbons (Fsp3) is 0.333. The number of cyclic esters (lactones) is 1. The molecule has 186 valence electrons. The normalized spacial score (nSPS) is 17.9. The molecule has 1 fully saturated rings. The van der Waals surface area contributed by atoms with E-state index in [1.165, 1.54) is 13.3 Å². The van der Waals surface area contributed by atoms with Crippen LogP contribution >= 0.6 is 0 Å². The van der Waals surface area contributed by atoms with Gasteiger partial charge < -0.3 is 18.9 Å². The first-order chi connectivity index (χ1) is 17.5. The number of fused-ring (bicyclic) bond motifs is 3. The van der Waals surface area contributed by atoms with E-state index in [2.05, 4.69) is 20.3 Å². The Morgan fingerprint density at radius 2 is 2.14 bits per heavy atom. The Balaban J connectivity index is 1.32. The highest BCUT2D eigenvalue weighted by Gasteiger charge is 2.34. The molecule has 1 amide bonds. The maximum Gasteiger partial charge on any atom is 0.347 e. The molecule has 1 atom stereocenters. The van der Waals surface area contributed by atoms with Crippen molar-refractivity contribution in [3.05, 3.63) is 47.8 Å². The lowest BCUT2D eigenvalue weighted by Crippen LogP contribution is -2.47. The predicted molar refractivity (Wildman–Crippen MR) is 125 cm³/mol. The number of hydrogen-bond donors (Lipinski definition) is 1. The monoisotopic (exact) mass is 493 g/mol. The van der Waals surface area contributed by atoms with Crippen LogP contribution in [0.15, 0.2) is 46.6 Å². The average Bonchev–Trinajstić information content (AvgIpc) is 3.56. The van der Waals surface area contributed by atoms with E-state index in [-0.39, 0.29) is 25.5 Å².